The first-order chi connectivity index (χ1) is 12.8. The highest BCUT2D eigenvalue weighted by molar-refractivity contribution is 5.72. The molecule has 1 aliphatic heterocycles. The summed E-state index contributed by atoms with van der Waals surface area (Å²) in [5.41, 5.74) is 4.13. The van der Waals surface area contributed by atoms with Gasteiger partial charge in [-0.05, 0) is 25.0 Å². The van der Waals surface area contributed by atoms with Crippen LogP contribution in [-0.4, -0.2) is 32.5 Å². The van der Waals surface area contributed by atoms with Crippen LogP contribution in [-0.2, 0) is 18.5 Å². The van der Waals surface area contributed by atoms with Crippen molar-refractivity contribution in [2.45, 2.75) is 50.6 Å². The van der Waals surface area contributed by atoms with Gasteiger partial charge in [-0.1, -0.05) is 31.4 Å². The summed E-state index contributed by atoms with van der Waals surface area (Å²) < 4.78 is 7.16. The minimum absolute atomic E-state index is 0.0367. The number of oxazole rings is 1. The van der Waals surface area contributed by atoms with Crippen LogP contribution in [0.1, 0.15) is 43.5 Å². The summed E-state index contributed by atoms with van der Waals surface area (Å²) in [5, 5.41) is 0. The number of hydrogen-bond acceptors (Lipinski definition) is 4. The first-order valence-corrected chi connectivity index (χ1v) is 9.64. The topological polar surface area (TPSA) is 67.1 Å². The normalized spacial score (nSPS) is 19.8. The lowest BCUT2D eigenvalue weighted by Gasteiger charge is -2.48. The molecule has 1 aromatic carbocycles. The smallest absolute Gasteiger partial charge is 0.408 e. The van der Waals surface area contributed by atoms with Crippen molar-refractivity contribution < 1.29 is 4.42 Å². The molecule has 1 fully saturated rings. The number of imidazole rings is 1. The fourth-order valence-electron chi connectivity index (χ4n) is 4.99. The van der Waals surface area contributed by atoms with Crippen LogP contribution in [0.25, 0.3) is 11.1 Å². The SMILES string of the molecule is O=c1oc2ccccc2n1CCN1CCc2[nH]cnc2C12CCCCC2. The molecule has 1 aliphatic carbocycles. The van der Waals surface area contributed by atoms with Crippen LogP contribution in [0.4, 0.5) is 0 Å². The lowest BCUT2D eigenvalue weighted by Crippen LogP contribution is -2.53. The fourth-order valence-corrected chi connectivity index (χ4v) is 4.99. The molecule has 136 valence electrons. The Labute approximate surface area is 151 Å². The van der Waals surface area contributed by atoms with E-state index in [9.17, 15) is 4.79 Å². The van der Waals surface area contributed by atoms with Crippen LogP contribution in [0.5, 0.6) is 0 Å². The molecule has 2 aromatic heterocycles. The molecule has 0 unspecified atom stereocenters. The number of benzene rings is 1. The molecule has 0 saturated heterocycles. The number of aromatic amines is 1. The molecule has 0 amide bonds. The van der Waals surface area contributed by atoms with Gasteiger partial charge in [0.15, 0.2) is 5.58 Å². The zero-order chi connectivity index (χ0) is 17.6. The number of aromatic nitrogens is 3. The minimum atomic E-state index is -0.263. The summed E-state index contributed by atoms with van der Waals surface area (Å²) in [7, 11) is 0. The molecule has 0 bridgehead atoms. The second-order valence-electron chi connectivity index (χ2n) is 7.55. The third-order valence-electron chi connectivity index (χ3n) is 6.24. The van der Waals surface area contributed by atoms with Gasteiger partial charge in [-0.25, -0.2) is 9.78 Å². The molecule has 2 aliphatic rings. The molecule has 1 spiro atoms. The Morgan fingerprint density at radius 2 is 2.00 bits per heavy atom. The molecule has 6 heteroatoms. The van der Waals surface area contributed by atoms with Gasteiger partial charge in [0.05, 0.1) is 23.1 Å². The second-order valence-corrected chi connectivity index (χ2v) is 7.55. The number of nitrogens with zero attached hydrogens (tertiary/aromatic N) is 3. The number of para-hydroxylation sites is 2. The highest BCUT2D eigenvalue weighted by atomic mass is 16.4. The van der Waals surface area contributed by atoms with E-state index in [1.54, 1.807) is 4.57 Å². The average Bonchev–Trinajstić information content (AvgIpc) is 3.27. The van der Waals surface area contributed by atoms with Gasteiger partial charge >= 0.3 is 5.76 Å². The first-order valence-electron chi connectivity index (χ1n) is 9.64. The number of fused-ring (bicyclic) bond motifs is 3. The Morgan fingerprint density at radius 1 is 1.15 bits per heavy atom. The number of rotatable bonds is 3. The molecule has 5 rings (SSSR count). The third-order valence-corrected chi connectivity index (χ3v) is 6.24. The molecule has 3 aromatic rings. The maximum atomic E-state index is 12.3. The van der Waals surface area contributed by atoms with Crippen LogP contribution < -0.4 is 5.76 Å². The molecule has 0 atom stereocenters. The molecule has 6 nitrogen and oxygen atoms in total. The zero-order valence-corrected chi connectivity index (χ0v) is 14.9. The largest absolute Gasteiger partial charge is 0.419 e. The van der Waals surface area contributed by atoms with Gasteiger partial charge in [0.25, 0.3) is 0 Å². The maximum absolute atomic E-state index is 12.3. The highest BCUT2D eigenvalue weighted by Crippen LogP contribution is 2.44. The molecular weight excluding hydrogens is 328 g/mol. The average molecular weight is 352 g/mol. The molecular formula is C20H24N4O2. The van der Waals surface area contributed by atoms with Gasteiger partial charge in [-0.2, -0.15) is 0 Å². The fraction of sp³-hybridized carbons (Fsp3) is 0.500. The van der Waals surface area contributed by atoms with Crippen LogP contribution in [0.15, 0.2) is 39.8 Å². The molecule has 1 saturated carbocycles. The number of nitrogens with one attached hydrogen (secondary N) is 1. The Morgan fingerprint density at radius 3 is 2.88 bits per heavy atom. The highest BCUT2D eigenvalue weighted by Gasteiger charge is 2.44. The minimum Gasteiger partial charge on any atom is -0.408 e. The van der Waals surface area contributed by atoms with E-state index < -0.39 is 0 Å². The van der Waals surface area contributed by atoms with Crippen molar-refractivity contribution in [3.05, 3.63) is 52.5 Å². The van der Waals surface area contributed by atoms with Gasteiger partial charge < -0.3 is 9.40 Å². The zero-order valence-electron chi connectivity index (χ0n) is 14.9. The van der Waals surface area contributed by atoms with Crippen molar-refractivity contribution in [1.82, 2.24) is 19.4 Å². The van der Waals surface area contributed by atoms with Crippen molar-refractivity contribution >= 4 is 11.1 Å². The van der Waals surface area contributed by atoms with E-state index in [1.807, 2.05) is 30.6 Å². The summed E-state index contributed by atoms with van der Waals surface area (Å²) in [4.78, 5) is 22.9. The monoisotopic (exact) mass is 352 g/mol. The van der Waals surface area contributed by atoms with Gasteiger partial charge in [0.2, 0.25) is 0 Å². The van der Waals surface area contributed by atoms with E-state index in [4.69, 9.17) is 9.40 Å². The lowest BCUT2D eigenvalue weighted by molar-refractivity contribution is 0.0297. The van der Waals surface area contributed by atoms with Crippen molar-refractivity contribution in [2.75, 3.05) is 13.1 Å². The van der Waals surface area contributed by atoms with Crippen molar-refractivity contribution in [3.63, 3.8) is 0 Å². The first kappa shape index (κ1) is 15.9. The van der Waals surface area contributed by atoms with Gasteiger partial charge in [0.1, 0.15) is 0 Å². The summed E-state index contributed by atoms with van der Waals surface area (Å²) in [6.07, 6.45) is 8.96. The third kappa shape index (κ3) is 2.35. The van der Waals surface area contributed by atoms with Crippen molar-refractivity contribution in [1.29, 1.82) is 0 Å². The quantitative estimate of drug-likeness (QED) is 0.787. The summed E-state index contributed by atoms with van der Waals surface area (Å²) >= 11 is 0. The molecule has 26 heavy (non-hydrogen) atoms. The molecule has 1 N–H and O–H groups in total. The van der Waals surface area contributed by atoms with Crippen LogP contribution in [0, 0.1) is 0 Å². The predicted octanol–water partition coefficient (Wildman–Crippen LogP) is 3.04. The maximum Gasteiger partial charge on any atom is 0.419 e. The van der Waals surface area contributed by atoms with Crippen molar-refractivity contribution in [3.8, 4) is 0 Å². The standard InChI is InChI=1S/C20H24N4O2/c25-19-24(16-6-2-3-7-17(16)26-19)13-12-23-11-8-15-18(22-14-21-15)20(23)9-4-1-5-10-20/h2-3,6-7,14H,1,4-5,8-13H2,(H,21,22). The Kier molecular flexibility index (Phi) is 3.74. The van der Waals surface area contributed by atoms with E-state index >= 15 is 0 Å². The van der Waals surface area contributed by atoms with Crippen molar-refractivity contribution in [2.24, 2.45) is 0 Å². The number of H-pyrrole nitrogens is 1. The summed E-state index contributed by atoms with van der Waals surface area (Å²) in [5.74, 6) is -0.263. The van der Waals surface area contributed by atoms with Gasteiger partial charge in [-0.3, -0.25) is 9.47 Å². The summed E-state index contributed by atoms with van der Waals surface area (Å²) in [6.45, 7) is 2.51. The van der Waals surface area contributed by atoms with Crippen LogP contribution >= 0.6 is 0 Å². The van der Waals surface area contributed by atoms with Crippen LogP contribution in [0.2, 0.25) is 0 Å². The summed E-state index contributed by atoms with van der Waals surface area (Å²) in [6, 6.07) is 7.66. The van der Waals surface area contributed by atoms with E-state index in [-0.39, 0.29) is 11.3 Å². The number of hydrogen-bond donors (Lipinski definition) is 1. The van der Waals surface area contributed by atoms with E-state index in [1.165, 1.54) is 30.7 Å². The van der Waals surface area contributed by atoms with Gasteiger partial charge in [0, 0.05) is 31.7 Å². The molecule has 3 heterocycles. The Bertz CT molecular complexity index is 977. The lowest BCUT2D eigenvalue weighted by atomic mass is 9.75. The Balaban J connectivity index is 1.46. The second kappa shape index (κ2) is 6.13. The van der Waals surface area contributed by atoms with Crippen LogP contribution in [0.3, 0.4) is 0 Å². The van der Waals surface area contributed by atoms with E-state index in [0.717, 1.165) is 37.9 Å². The molecule has 0 radical (unpaired) electrons. The predicted molar refractivity (Wildman–Crippen MR) is 99.1 cm³/mol. The Hall–Kier alpha value is -2.34. The van der Waals surface area contributed by atoms with Gasteiger partial charge in [-0.15, -0.1) is 0 Å². The van der Waals surface area contributed by atoms with E-state index in [2.05, 4.69) is 9.88 Å². The van der Waals surface area contributed by atoms with E-state index in [0.29, 0.717) is 12.1 Å².